The number of hydrogen-bond acceptors (Lipinski definition) is 2. The normalized spacial score (nSPS) is 41.2. The maximum atomic E-state index is 12.7. The first kappa shape index (κ1) is 24.9. The Morgan fingerprint density at radius 2 is 1.55 bits per heavy atom. The SMILES string of the molecule is CC12CCC(=C3C=CC=C3)C=C1CCC1C2C(=C2C=CC=C2)CC2(C)C1CCC2(O)C(CO)=C1CCCC1. The lowest BCUT2D eigenvalue weighted by molar-refractivity contribution is -0.0905. The summed E-state index contributed by atoms with van der Waals surface area (Å²) < 4.78 is 0. The smallest absolute Gasteiger partial charge is 0.0940 e. The Hall–Kier alpha value is -2.16. The van der Waals surface area contributed by atoms with E-state index in [1.165, 1.54) is 54.4 Å². The van der Waals surface area contributed by atoms with Crippen molar-refractivity contribution in [2.75, 3.05) is 6.61 Å². The van der Waals surface area contributed by atoms with E-state index in [9.17, 15) is 10.2 Å². The topological polar surface area (TPSA) is 40.5 Å². The highest BCUT2D eigenvalue weighted by molar-refractivity contribution is 5.52. The molecule has 0 heterocycles. The molecule has 0 aliphatic heterocycles. The number of aliphatic hydroxyl groups is 2. The Kier molecular flexibility index (Phi) is 5.84. The van der Waals surface area contributed by atoms with Gasteiger partial charge >= 0.3 is 0 Å². The molecule has 2 N–H and O–H groups in total. The van der Waals surface area contributed by atoms with E-state index < -0.39 is 5.60 Å². The first-order valence-electron chi connectivity index (χ1n) is 15.3. The van der Waals surface area contributed by atoms with Crippen LogP contribution in [0.15, 0.2) is 93.7 Å². The Morgan fingerprint density at radius 3 is 2.24 bits per heavy atom. The fraction of sp³-hybridized carbons (Fsp3) is 0.556. The van der Waals surface area contributed by atoms with Crippen molar-refractivity contribution < 1.29 is 10.2 Å². The second-order valence-electron chi connectivity index (χ2n) is 13.7. The van der Waals surface area contributed by atoms with Gasteiger partial charge < -0.3 is 10.2 Å². The highest BCUT2D eigenvalue weighted by Gasteiger charge is 2.66. The van der Waals surface area contributed by atoms with Crippen molar-refractivity contribution >= 4 is 0 Å². The third-order valence-corrected chi connectivity index (χ3v) is 12.2. The molecule has 0 spiro atoms. The maximum absolute atomic E-state index is 12.7. The van der Waals surface area contributed by atoms with Crippen molar-refractivity contribution in [3.05, 3.63) is 93.7 Å². The fourth-order valence-corrected chi connectivity index (χ4v) is 10.3. The van der Waals surface area contributed by atoms with Crippen LogP contribution in [0.1, 0.15) is 84.5 Å². The number of hydrogen-bond donors (Lipinski definition) is 2. The molecule has 4 fully saturated rings. The first-order valence-corrected chi connectivity index (χ1v) is 15.3. The van der Waals surface area contributed by atoms with Crippen LogP contribution in [0.5, 0.6) is 0 Å². The Morgan fingerprint density at radius 1 is 0.868 bits per heavy atom. The summed E-state index contributed by atoms with van der Waals surface area (Å²) in [5.41, 5.74) is 8.96. The maximum Gasteiger partial charge on any atom is 0.0940 e. The predicted octanol–water partition coefficient (Wildman–Crippen LogP) is 8.00. The first-order chi connectivity index (χ1) is 18.4. The summed E-state index contributed by atoms with van der Waals surface area (Å²) in [5, 5.41) is 23.3. The monoisotopic (exact) mass is 508 g/mol. The molecule has 0 bridgehead atoms. The molecular formula is C36H44O2. The molecule has 7 aliphatic carbocycles. The van der Waals surface area contributed by atoms with E-state index in [1.54, 1.807) is 11.1 Å². The largest absolute Gasteiger partial charge is 0.392 e. The number of allylic oxidation sites excluding steroid dienone is 15. The zero-order valence-electron chi connectivity index (χ0n) is 23.3. The van der Waals surface area contributed by atoms with E-state index in [-0.39, 0.29) is 17.4 Å². The number of fused-ring (bicyclic) bond motifs is 5. The molecule has 2 nitrogen and oxygen atoms in total. The second kappa shape index (κ2) is 8.93. The van der Waals surface area contributed by atoms with Crippen molar-refractivity contribution in [3.8, 4) is 0 Å². The van der Waals surface area contributed by atoms with Crippen molar-refractivity contribution in [1.82, 2.24) is 0 Å². The van der Waals surface area contributed by atoms with Crippen molar-refractivity contribution in [3.63, 3.8) is 0 Å². The van der Waals surface area contributed by atoms with Crippen molar-refractivity contribution in [2.45, 2.75) is 90.1 Å². The lowest BCUT2D eigenvalue weighted by Gasteiger charge is -2.61. The van der Waals surface area contributed by atoms with Crippen LogP contribution < -0.4 is 0 Å². The summed E-state index contributed by atoms with van der Waals surface area (Å²) in [7, 11) is 0. The molecule has 0 saturated heterocycles. The van der Waals surface area contributed by atoms with Crippen molar-refractivity contribution in [1.29, 1.82) is 0 Å². The lowest BCUT2D eigenvalue weighted by Crippen LogP contribution is -2.56. The average Bonchev–Trinajstić information content (AvgIpc) is 3.72. The lowest BCUT2D eigenvalue weighted by atomic mass is 9.44. The molecule has 2 heteroatoms. The summed E-state index contributed by atoms with van der Waals surface area (Å²) >= 11 is 0. The Labute approximate surface area is 229 Å². The molecule has 0 radical (unpaired) electrons. The Balaban J connectivity index is 1.34. The van der Waals surface area contributed by atoms with E-state index in [4.69, 9.17) is 0 Å². The van der Waals surface area contributed by atoms with Gasteiger partial charge in [-0.1, -0.05) is 85.3 Å². The molecule has 0 aromatic carbocycles. The fourth-order valence-electron chi connectivity index (χ4n) is 10.3. The molecule has 6 atom stereocenters. The summed E-state index contributed by atoms with van der Waals surface area (Å²) in [5.74, 6) is 1.62. The molecule has 0 aromatic heterocycles. The number of aliphatic hydroxyl groups excluding tert-OH is 1. The van der Waals surface area contributed by atoms with Gasteiger partial charge in [0.1, 0.15) is 0 Å². The minimum atomic E-state index is -0.892. The highest BCUT2D eigenvalue weighted by Crippen LogP contribution is 2.71. The van der Waals surface area contributed by atoms with Crippen LogP contribution in [0.2, 0.25) is 0 Å². The second-order valence-corrected chi connectivity index (χ2v) is 13.7. The standard InChI is InChI=1S/C36H44O2/c1-34-19-17-27(24-9-3-4-10-24)21-28(34)15-16-29-31-18-20-36(38,32(23-37)26-13-7-8-14-26)35(31,2)22-30(33(29)34)25-11-5-6-12-25/h3-6,9-12,21,29,31,33,37-38H,7-8,13-20,22-23H2,1-2H3. The molecule has 38 heavy (non-hydrogen) atoms. The van der Waals surface area contributed by atoms with Crippen LogP contribution in [-0.4, -0.2) is 22.4 Å². The van der Waals surface area contributed by atoms with Gasteiger partial charge in [-0.05, 0) is 116 Å². The molecular weight excluding hydrogens is 464 g/mol. The molecule has 6 unspecified atom stereocenters. The van der Waals surface area contributed by atoms with Gasteiger partial charge in [0.2, 0.25) is 0 Å². The van der Waals surface area contributed by atoms with Gasteiger partial charge in [0.15, 0.2) is 0 Å². The van der Waals surface area contributed by atoms with Gasteiger partial charge in [0.25, 0.3) is 0 Å². The summed E-state index contributed by atoms with van der Waals surface area (Å²) in [6.45, 7) is 4.98. The van der Waals surface area contributed by atoms with Crippen LogP contribution in [0.4, 0.5) is 0 Å². The van der Waals surface area contributed by atoms with Gasteiger partial charge in [0, 0.05) is 5.41 Å². The molecule has 0 aromatic rings. The van der Waals surface area contributed by atoms with Gasteiger partial charge in [0.05, 0.1) is 12.2 Å². The molecule has 7 aliphatic rings. The Bertz CT molecular complexity index is 1260. The van der Waals surface area contributed by atoms with Crippen molar-refractivity contribution in [2.24, 2.45) is 28.6 Å². The molecule has 200 valence electrons. The molecule has 7 rings (SSSR count). The third-order valence-electron chi connectivity index (χ3n) is 12.2. The molecule has 0 amide bonds. The van der Waals surface area contributed by atoms with E-state index in [0.717, 1.165) is 44.1 Å². The minimum absolute atomic E-state index is 0.0128. The zero-order chi connectivity index (χ0) is 26.1. The van der Waals surface area contributed by atoms with Crippen LogP contribution in [-0.2, 0) is 0 Å². The van der Waals surface area contributed by atoms with Gasteiger partial charge in [-0.2, -0.15) is 0 Å². The third kappa shape index (κ3) is 3.38. The van der Waals surface area contributed by atoms with E-state index in [0.29, 0.717) is 17.8 Å². The highest BCUT2D eigenvalue weighted by atomic mass is 16.3. The van der Waals surface area contributed by atoms with Crippen LogP contribution in [0.25, 0.3) is 0 Å². The van der Waals surface area contributed by atoms with Gasteiger partial charge in [-0.25, -0.2) is 0 Å². The van der Waals surface area contributed by atoms with Crippen LogP contribution >= 0.6 is 0 Å². The quantitative estimate of drug-likeness (QED) is 0.371. The van der Waals surface area contributed by atoms with Crippen LogP contribution in [0, 0.1) is 28.6 Å². The van der Waals surface area contributed by atoms with E-state index in [1.807, 2.05) is 0 Å². The summed E-state index contributed by atoms with van der Waals surface area (Å²) in [4.78, 5) is 0. The van der Waals surface area contributed by atoms with E-state index in [2.05, 4.69) is 68.5 Å². The number of rotatable bonds is 2. The predicted molar refractivity (Wildman–Crippen MR) is 155 cm³/mol. The van der Waals surface area contributed by atoms with Crippen LogP contribution in [0.3, 0.4) is 0 Å². The molecule has 4 saturated carbocycles. The minimum Gasteiger partial charge on any atom is -0.392 e. The van der Waals surface area contributed by atoms with Gasteiger partial charge in [-0.15, -0.1) is 0 Å². The summed E-state index contributed by atoms with van der Waals surface area (Å²) in [6, 6.07) is 0. The zero-order valence-corrected chi connectivity index (χ0v) is 23.3. The summed E-state index contributed by atoms with van der Waals surface area (Å²) in [6.07, 6.45) is 32.5. The van der Waals surface area contributed by atoms with Gasteiger partial charge in [-0.3, -0.25) is 0 Å². The average molecular weight is 509 g/mol. The van der Waals surface area contributed by atoms with E-state index >= 15 is 0 Å².